The molecule has 0 spiro atoms. The maximum absolute atomic E-state index is 12.2. The number of rotatable bonds is 8. The van der Waals surface area contributed by atoms with E-state index in [1.54, 1.807) is 18.2 Å². The van der Waals surface area contributed by atoms with E-state index in [0.717, 1.165) is 6.26 Å². The zero-order valence-electron chi connectivity index (χ0n) is 14.4. The normalized spacial score (nSPS) is 12.0. The van der Waals surface area contributed by atoms with Gasteiger partial charge in [-0.2, -0.15) is 4.31 Å². The van der Waals surface area contributed by atoms with Gasteiger partial charge in [-0.05, 0) is 31.9 Å². The van der Waals surface area contributed by atoms with Crippen molar-refractivity contribution in [3.63, 3.8) is 0 Å². The lowest BCUT2D eigenvalue weighted by Crippen LogP contribution is -2.39. The number of para-hydroxylation sites is 2. The van der Waals surface area contributed by atoms with E-state index < -0.39 is 15.9 Å². The van der Waals surface area contributed by atoms with Gasteiger partial charge >= 0.3 is 0 Å². The van der Waals surface area contributed by atoms with Crippen LogP contribution in [0, 0.1) is 5.92 Å². The summed E-state index contributed by atoms with van der Waals surface area (Å²) < 4.78 is 30.4. The van der Waals surface area contributed by atoms with Crippen LogP contribution in [0.15, 0.2) is 24.3 Å². The molecule has 0 aliphatic heterocycles. The van der Waals surface area contributed by atoms with Crippen molar-refractivity contribution in [2.24, 2.45) is 5.92 Å². The Balaban J connectivity index is 2.83. The van der Waals surface area contributed by atoms with Gasteiger partial charge in [0, 0.05) is 6.54 Å². The average Bonchev–Trinajstić information content (AvgIpc) is 2.38. The third-order valence-corrected chi connectivity index (χ3v) is 4.10. The van der Waals surface area contributed by atoms with Crippen molar-refractivity contribution < 1.29 is 17.9 Å². The number of benzene rings is 1. The zero-order chi connectivity index (χ0) is 17.6. The van der Waals surface area contributed by atoms with Gasteiger partial charge in [0.1, 0.15) is 5.75 Å². The standard InChI is InChI=1S/C16H26N2O4S/c1-12(2)10-18(23(5,20)21)11-16(19)17-14-8-6-7-9-15(14)22-13(3)4/h6-9,12-13H,10-11H2,1-5H3,(H,17,19). The second-order valence-electron chi connectivity index (χ2n) is 6.16. The van der Waals surface area contributed by atoms with Gasteiger partial charge in [0.15, 0.2) is 0 Å². The Kier molecular flexibility index (Phi) is 7.02. The Morgan fingerprint density at radius 2 is 1.83 bits per heavy atom. The summed E-state index contributed by atoms with van der Waals surface area (Å²) in [4.78, 5) is 12.2. The molecule has 0 radical (unpaired) electrons. The molecule has 0 unspecified atom stereocenters. The number of hydrogen-bond donors (Lipinski definition) is 1. The predicted molar refractivity (Wildman–Crippen MR) is 92.1 cm³/mol. The summed E-state index contributed by atoms with van der Waals surface area (Å²) in [7, 11) is -3.44. The van der Waals surface area contributed by atoms with Crippen molar-refractivity contribution in [1.82, 2.24) is 4.31 Å². The van der Waals surface area contributed by atoms with Crippen LogP contribution in [0.1, 0.15) is 27.7 Å². The highest BCUT2D eigenvalue weighted by Crippen LogP contribution is 2.24. The van der Waals surface area contributed by atoms with Gasteiger partial charge in [-0.25, -0.2) is 8.42 Å². The summed E-state index contributed by atoms with van der Waals surface area (Å²) in [6, 6.07) is 7.08. The summed E-state index contributed by atoms with van der Waals surface area (Å²) in [5, 5.41) is 2.72. The molecule has 1 rings (SSSR count). The minimum atomic E-state index is -3.44. The van der Waals surface area contributed by atoms with Crippen molar-refractivity contribution in [2.75, 3.05) is 24.7 Å². The molecular formula is C16H26N2O4S. The smallest absolute Gasteiger partial charge is 0.239 e. The van der Waals surface area contributed by atoms with Crippen LogP contribution in [0.5, 0.6) is 5.75 Å². The molecule has 0 bridgehead atoms. The number of ether oxygens (including phenoxy) is 1. The van der Waals surface area contributed by atoms with E-state index in [0.29, 0.717) is 18.0 Å². The molecule has 0 aromatic heterocycles. The molecule has 0 aliphatic carbocycles. The first-order valence-corrected chi connectivity index (χ1v) is 9.45. The van der Waals surface area contributed by atoms with Crippen LogP contribution in [0.2, 0.25) is 0 Å². The van der Waals surface area contributed by atoms with E-state index in [9.17, 15) is 13.2 Å². The number of anilines is 1. The molecule has 0 saturated heterocycles. The number of nitrogens with one attached hydrogen (secondary N) is 1. The van der Waals surface area contributed by atoms with Gasteiger partial charge in [0.05, 0.1) is 24.6 Å². The highest BCUT2D eigenvalue weighted by atomic mass is 32.2. The van der Waals surface area contributed by atoms with Crippen LogP contribution in [-0.4, -0.2) is 44.1 Å². The summed E-state index contributed by atoms with van der Waals surface area (Å²) >= 11 is 0. The van der Waals surface area contributed by atoms with Crippen molar-refractivity contribution in [2.45, 2.75) is 33.8 Å². The molecule has 6 nitrogen and oxygen atoms in total. The van der Waals surface area contributed by atoms with Crippen LogP contribution in [0.3, 0.4) is 0 Å². The van der Waals surface area contributed by atoms with Crippen LogP contribution in [0.25, 0.3) is 0 Å². The lowest BCUT2D eigenvalue weighted by atomic mass is 10.2. The van der Waals surface area contributed by atoms with E-state index in [1.807, 2.05) is 33.8 Å². The van der Waals surface area contributed by atoms with E-state index in [4.69, 9.17) is 4.74 Å². The summed E-state index contributed by atoms with van der Waals surface area (Å²) in [5.41, 5.74) is 0.532. The van der Waals surface area contributed by atoms with Gasteiger partial charge in [-0.3, -0.25) is 4.79 Å². The van der Waals surface area contributed by atoms with Gasteiger partial charge in [-0.1, -0.05) is 26.0 Å². The summed E-state index contributed by atoms with van der Waals surface area (Å²) in [6.45, 7) is 7.69. The van der Waals surface area contributed by atoms with E-state index >= 15 is 0 Å². The largest absolute Gasteiger partial charge is 0.489 e. The molecule has 1 amide bonds. The van der Waals surface area contributed by atoms with E-state index in [1.165, 1.54) is 4.31 Å². The molecule has 23 heavy (non-hydrogen) atoms. The fourth-order valence-electron chi connectivity index (χ4n) is 2.00. The zero-order valence-corrected chi connectivity index (χ0v) is 15.2. The highest BCUT2D eigenvalue weighted by Gasteiger charge is 2.21. The van der Waals surface area contributed by atoms with Crippen LogP contribution < -0.4 is 10.1 Å². The van der Waals surface area contributed by atoms with Crippen molar-refractivity contribution >= 4 is 21.6 Å². The maximum atomic E-state index is 12.2. The molecule has 0 fully saturated rings. The Hall–Kier alpha value is -1.60. The monoisotopic (exact) mass is 342 g/mol. The van der Waals surface area contributed by atoms with Crippen molar-refractivity contribution in [3.05, 3.63) is 24.3 Å². The SMILES string of the molecule is CC(C)CN(CC(=O)Nc1ccccc1OC(C)C)S(C)(=O)=O. The molecule has 1 aromatic rings. The Morgan fingerprint density at radius 1 is 1.22 bits per heavy atom. The first kappa shape index (κ1) is 19.4. The molecule has 1 N–H and O–H groups in total. The lowest BCUT2D eigenvalue weighted by Gasteiger charge is -2.22. The lowest BCUT2D eigenvalue weighted by molar-refractivity contribution is -0.116. The molecular weight excluding hydrogens is 316 g/mol. The molecule has 0 atom stereocenters. The minimum absolute atomic E-state index is 0.0264. The molecule has 130 valence electrons. The fraction of sp³-hybridized carbons (Fsp3) is 0.562. The van der Waals surface area contributed by atoms with Crippen molar-refractivity contribution in [1.29, 1.82) is 0 Å². The summed E-state index contributed by atoms with van der Waals surface area (Å²) in [6.07, 6.45) is 1.08. The average molecular weight is 342 g/mol. The second-order valence-corrected chi connectivity index (χ2v) is 8.14. The number of carbonyl (C=O) groups is 1. The Labute approximate surface area is 138 Å². The predicted octanol–water partition coefficient (Wildman–Crippen LogP) is 2.33. The van der Waals surface area contributed by atoms with E-state index in [2.05, 4.69) is 5.32 Å². The van der Waals surface area contributed by atoms with Gasteiger partial charge in [0.2, 0.25) is 15.9 Å². The molecule has 0 saturated carbocycles. The topological polar surface area (TPSA) is 75.7 Å². The molecule has 0 aliphatic rings. The van der Waals surface area contributed by atoms with Gasteiger partial charge in [-0.15, -0.1) is 0 Å². The van der Waals surface area contributed by atoms with Gasteiger partial charge < -0.3 is 10.1 Å². The fourth-order valence-corrected chi connectivity index (χ4v) is 2.92. The van der Waals surface area contributed by atoms with Crippen LogP contribution >= 0.6 is 0 Å². The second kappa shape index (κ2) is 8.31. The van der Waals surface area contributed by atoms with E-state index in [-0.39, 0.29) is 18.6 Å². The van der Waals surface area contributed by atoms with Crippen LogP contribution in [-0.2, 0) is 14.8 Å². The third-order valence-electron chi connectivity index (χ3n) is 2.88. The molecule has 0 heterocycles. The first-order chi connectivity index (χ1) is 10.6. The maximum Gasteiger partial charge on any atom is 0.239 e. The first-order valence-electron chi connectivity index (χ1n) is 7.60. The summed E-state index contributed by atoms with van der Waals surface area (Å²) in [5.74, 6) is 0.301. The molecule has 7 heteroatoms. The highest BCUT2D eigenvalue weighted by molar-refractivity contribution is 7.88. The number of sulfonamides is 1. The quantitative estimate of drug-likeness (QED) is 0.787. The number of carbonyl (C=O) groups excluding carboxylic acids is 1. The van der Waals surface area contributed by atoms with Crippen molar-refractivity contribution in [3.8, 4) is 5.75 Å². The number of amides is 1. The minimum Gasteiger partial charge on any atom is -0.489 e. The Bertz CT molecular complexity index is 627. The third kappa shape index (κ3) is 7.00. The number of nitrogens with zero attached hydrogens (tertiary/aromatic N) is 1. The van der Waals surface area contributed by atoms with Crippen LogP contribution in [0.4, 0.5) is 5.69 Å². The Morgan fingerprint density at radius 3 is 2.35 bits per heavy atom. The number of hydrogen-bond acceptors (Lipinski definition) is 4. The van der Waals surface area contributed by atoms with Gasteiger partial charge in [0.25, 0.3) is 0 Å². The molecule has 1 aromatic carbocycles.